The molecule has 0 aliphatic rings. The number of hydrogen-bond donors (Lipinski definition) is 1. The van der Waals surface area contributed by atoms with Gasteiger partial charge in [0.05, 0.1) is 6.10 Å². The molecule has 3 heteroatoms. The van der Waals surface area contributed by atoms with E-state index in [1.165, 1.54) is 24.2 Å². The number of nitrogens with one attached hydrogen (secondary N) is 1. The minimum absolute atomic E-state index is 0.227. The van der Waals surface area contributed by atoms with Crippen molar-refractivity contribution >= 4 is 11.8 Å². The predicted octanol–water partition coefficient (Wildman–Crippen LogP) is 4.27. The number of thioether (sulfide) groups is 1. The summed E-state index contributed by atoms with van der Waals surface area (Å²) in [7, 11) is 0. The monoisotopic (exact) mass is 281 g/mol. The molecule has 0 heterocycles. The lowest BCUT2D eigenvalue weighted by atomic mass is 10.1. The average Bonchev–Trinajstić information content (AvgIpc) is 2.38. The second-order valence-electron chi connectivity index (χ2n) is 5.11. The fourth-order valence-electron chi connectivity index (χ4n) is 1.94. The third-order valence-corrected chi connectivity index (χ3v) is 3.65. The molecule has 1 N–H and O–H groups in total. The molecule has 1 rings (SSSR count). The minimum atomic E-state index is 0.227. The van der Waals surface area contributed by atoms with Crippen LogP contribution in [0.5, 0.6) is 5.75 Å². The molecular weight excluding hydrogens is 254 g/mol. The van der Waals surface area contributed by atoms with E-state index in [-0.39, 0.29) is 6.10 Å². The molecule has 0 aliphatic heterocycles. The van der Waals surface area contributed by atoms with Crippen molar-refractivity contribution in [1.29, 1.82) is 0 Å². The summed E-state index contributed by atoms with van der Waals surface area (Å²) in [5.41, 5.74) is 1.29. The van der Waals surface area contributed by atoms with Gasteiger partial charge in [-0.25, -0.2) is 0 Å². The lowest BCUT2D eigenvalue weighted by Gasteiger charge is -2.16. The van der Waals surface area contributed by atoms with Crippen LogP contribution in [0.15, 0.2) is 24.3 Å². The molecule has 2 nitrogen and oxygen atoms in total. The Labute approximate surface area is 122 Å². The standard InChI is InChI=1S/C16H27NOS/c1-13(2)18-16-9-7-8-15(12-16)14(3)17-10-5-6-11-19-4/h7-9,12-14,17H,5-6,10-11H2,1-4H3. The molecule has 0 saturated heterocycles. The zero-order valence-corrected chi connectivity index (χ0v) is 13.4. The fourth-order valence-corrected chi connectivity index (χ4v) is 2.43. The first-order valence-corrected chi connectivity index (χ1v) is 8.51. The Balaban J connectivity index is 2.40. The molecule has 1 aromatic carbocycles. The quantitative estimate of drug-likeness (QED) is 0.683. The van der Waals surface area contributed by atoms with Crippen LogP contribution in [-0.2, 0) is 0 Å². The number of benzene rings is 1. The first-order chi connectivity index (χ1) is 9.13. The van der Waals surface area contributed by atoms with E-state index >= 15 is 0 Å². The lowest BCUT2D eigenvalue weighted by Crippen LogP contribution is -2.20. The van der Waals surface area contributed by atoms with E-state index in [2.05, 4.69) is 50.5 Å². The van der Waals surface area contributed by atoms with Gasteiger partial charge in [-0.3, -0.25) is 0 Å². The van der Waals surface area contributed by atoms with Crippen molar-refractivity contribution in [3.05, 3.63) is 29.8 Å². The molecule has 0 bridgehead atoms. The third kappa shape index (κ3) is 6.88. The third-order valence-electron chi connectivity index (χ3n) is 2.96. The van der Waals surface area contributed by atoms with Crippen LogP contribution >= 0.6 is 11.8 Å². The van der Waals surface area contributed by atoms with E-state index in [0.717, 1.165) is 12.3 Å². The van der Waals surface area contributed by atoms with Gasteiger partial charge < -0.3 is 10.1 Å². The Bertz CT molecular complexity index is 354. The van der Waals surface area contributed by atoms with Gasteiger partial charge in [0.25, 0.3) is 0 Å². The van der Waals surface area contributed by atoms with E-state index in [4.69, 9.17) is 4.74 Å². The summed E-state index contributed by atoms with van der Waals surface area (Å²) in [5.74, 6) is 2.22. The van der Waals surface area contributed by atoms with Crippen LogP contribution in [0.3, 0.4) is 0 Å². The largest absolute Gasteiger partial charge is 0.491 e. The smallest absolute Gasteiger partial charge is 0.120 e. The van der Waals surface area contributed by atoms with E-state index in [0.29, 0.717) is 6.04 Å². The van der Waals surface area contributed by atoms with Crippen LogP contribution < -0.4 is 10.1 Å². The van der Waals surface area contributed by atoms with Gasteiger partial charge in [0.15, 0.2) is 0 Å². The van der Waals surface area contributed by atoms with Crippen LogP contribution in [0.2, 0.25) is 0 Å². The molecule has 0 amide bonds. The van der Waals surface area contributed by atoms with Crippen molar-refractivity contribution in [3.8, 4) is 5.75 Å². The molecule has 1 unspecified atom stereocenters. The van der Waals surface area contributed by atoms with Crippen LogP contribution in [0.25, 0.3) is 0 Å². The summed E-state index contributed by atoms with van der Waals surface area (Å²) < 4.78 is 5.73. The average molecular weight is 281 g/mol. The summed E-state index contributed by atoms with van der Waals surface area (Å²) in [5, 5.41) is 3.57. The molecule has 0 aromatic heterocycles. The number of rotatable bonds is 9. The van der Waals surface area contributed by atoms with Gasteiger partial charge in [0, 0.05) is 6.04 Å². The van der Waals surface area contributed by atoms with Crippen molar-refractivity contribution < 1.29 is 4.74 Å². The van der Waals surface area contributed by atoms with Crippen molar-refractivity contribution in [2.75, 3.05) is 18.6 Å². The van der Waals surface area contributed by atoms with Crippen molar-refractivity contribution in [2.24, 2.45) is 0 Å². The molecule has 0 saturated carbocycles. The highest BCUT2D eigenvalue weighted by Gasteiger charge is 2.06. The number of hydrogen-bond acceptors (Lipinski definition) is 3. The Hall–Kier alpha value is -0.670. The fraction of sp³-hybridized carbons (Fsp3) is 0.625. The van der Waals surface area contributed by atoms with Gasteiger partial charge in [-0.1, -0.05) is 12.1 Å². The lowest BCUT2D eigenvalue weighted by molar-refractivity contribution is 0.242. The van der Waals surface area contributed by atoms with E-state index in [1.807, 2.05) is 17.8 Å². The van der Waals surface area contributed by atoms with Gasteiger partial charge in [-0.05, 0) is 69.9 Å². The highest BCUT2D eigenvalue weighted by Crippen LogP contribution is 2.20. The SMILES string of the molecule is CSCCCCNC(C)c1cccc(OC(C)C)c1. The second-order valence-corrected chi connectivity index (χ2v) is 6.10. The topological polar surface area (TPSA) is 21.3 Å². The van der Waals surface area contributed by atoms with E-state index < -0.39 is 0 Å². The van der Waals surface area contributed by atoms with Crippen LogP contribution in [0.1, 0.15) is 45.2 Å². The van der Waals surface area contributed by atoms with Gasteiger partial charge >= 0.3 is 0 Å². The molecule has 19 heavy (non-hydrogen) atoms. The molecule has 0 spiro atoms. The first-order valence-electron chi connectivity index (χ1n) is 7.12. The van der Waals surface area contributed by atoms with Gasteiger partial charge in [-0.2, -0.15) is 11.8 Å². The van der Waals surface area contributed by atoms with Crippen LogP contribution in [0.4, 0.5) is 0 Å². The maximum absolute atomic E-state index is 5.73. The van der Waals surface area contributed by atoms with Gasteiger partial charge in [0.1, 0.15) is 5.75 Å². The summed E-state index contributed by atoms with van der Waals surface area (Å²) in [6.45, 7) is 7.40. The van der Waals surface area contributed by atoms with Crippen LogP contribution in [-0.4, -0.2) is 24.7 Å². The normalized spacial score (nSPS) is 12.7. The molecule has 0 fully saturated rings. The Morgan fingerprint density at radius 1 is 1.21 bits per heavy atom. The summed E-state index contributed by atoms with van der Waals surface area (Å²) in [6, 6.07) is 8.77. The maximum Gasteiger partial charge on any atom is 0.120 e. The molecule has 0 radical (unpaired) electrons. The van der Waals surface area contributed by atoms with Gasteiger partial charge in [-0.15, -0.1) is 0 Å². The zero-order valence-electron chi connectivity index (χ0n) is 12.6. The van der Waals surface area contributed by atoms with Gasteiger partial charge in [0.2, 0.25) is 0 Å². The minimum Gasteiger partial charge on any atom is -0.491 e. The van der Waals surface area contributed by atoms with E-state index in [1.54, 1.807) is 0 Å². The van der Waals surface area contributed by atoms with Crippen LogP contribution in [0, 0.1) is 0 Å². The molecule has 1 aromatic rings. The molecule has 0 aliphatic carbocycles. The number of unbranched alkanes of at least 4 members (excludes halogenated alkanes) is 1. The Morgan fingerprint density at radius 2 is 2.00 bits per heavy atom. The summed E-state index contributed by atoms with van der Waals surface area (Å²) in [6.07, 6.45) is 4.92. The maximum atomic E-state index is 5.73. The number of ether oxygens (including phenoxy) is 1. The second kappa shape index (κ2) is 9.27. The van der Waals surface area contributed by atoms with Crippen molar-refractivity contribution in [1.82, 2.24) is 5.32 Å². The Kier molecular flexibility index (Phi) is 7.99. The first kappa shape index (κ1) is 16.4. The zero-order chi connectivity index (χ0) is 14.1. The molecule has 108 valence electrons. The van der Waals surface area contributed by atoms with E-state index in [9.17, 15) is 0 Å². The highest BCUT2D eigenvalue weighted by atomic mass is 32.2. The predicted molar refractivity (Wildman–Crippen MR) is 86.2 cm³/mol. The van der Waals surface area contributed by atoms with Crippen molar-refractivity contribution in [3.63, 3.8) is 0 Å². The molecule has 1 atom stereocenters. The highest BCUT2D eigenvalue weighted by molar-refractivity contribution is 7.98. The Morgan fingerprint density at radius 3 is 2.68 bits per heavy atom. The molecular formula is C16H27NOS. The summed E-state index contributed by atoms with van der Waals surface area (Å²) in [4.78, 5) is 0. The summed E-state index contributed by atoms with van der Waals surface area (Å²) >= 11 is 1.92. The van der Waals surface area contributed by atoms with Crippen molar-refractivity contribution in [2.45, 2.75) is 45.8 Å².